The zero-order valence-corrected chi connectivity index (χ0v) is 53.3. The summed E-state index contributed by atoms with van der Waals surface area (Å²) in [7, 11) is -3.14. The third kappa shape index (κ3) is 15.3. The second-order valence-electron chi connectivity index (χ2n) is 23.6. The van der Waals surface area contributed by atoms with Gasteiger partial charge in [-0.05, 0) is 91.3 Å². The quantitative estimate of drug-likeness (QED) is 0.0473. The minimum atomic E-state index is -3.14. The molecule has 11 aromatic rings. The molecule has 1 atom stereocenters. The fourth-order valence-electron chi connectivity index (χ4n) is 11.9. The molecule has 11 nitrogen and oxygen atoms in total. The van der Waals surface area contributed by atoms with E-state index in [-0.39, 0.29) is 6.04 Å². The standard InChI is InChI=1S/C78H81N8O3P/c1-6-88-90(87,89-7-2)52-51-84-46-35-72(53-63(84)5)71-29-44-83(45-30-71)60-76-55-74(57-80-38-23-66(24-39-80)65-21-36-79(37-22-65)56-64-11-9-8-10-12-64)73(58-81-40-25-67(26-41-81)69-31-47-85(48-32-69)77-17-13-61(3)14-18-77)54-75(76)59-82-42-27-68(28-43-82)70-33-49-86(50-34-70)78-19-15-62(4)16-20-78/h8-50,54-55,63H,6-7,51-53,56-60H2,1-5H3/q+8. The molecule has 0 saturated heterocycles. The minimum absolute atomic E-state index is 0.228. The van der Waals surface area contributed by atoms with Gasteiger partial charge in [-0.2, -0.15) is 9.13 Å². The van der Waals surface area contributed by atoms with Crippen molar-refractivity contribution in [1.29, 1.82) is 0 Å². The Morgan fingerprint density at radius 1 is 0.411 bits per heavy atom. The fourth-order valence-corrected chi connectivity index (χ4v) is 13.5. The molecule has 448 valence electrons. The van der Waals surface area contributed by atoms with E-state index < -0.39 is 7.60 Å². The van der Waals surface area contributed by atoms with Crippen LogP contribution in [0.1, 0.15) is 71.7 Å². The first-order chi connectivity index (χ1) is 44.0. The fraction of sp³-hybridized carbons (Fsp3) is 0.205. The predicted octanol–water partition coefficient (Wildman–Crippen LogP) is 12.1. The van der Waals surface area contributed by atoms with Crippen molar-refractivity contribution in [2.75, 3.05) is 25.9 Å². The molecule has 1 aliphatic heterocycles. The summed E-state index contributed by atoms with van der Waals surface area (Å²) in [6.07, 6.45) is 36.2. The summed E-state index contributed by atoms with van der Waals surface area (Å²) in [5, 5.41) is 0. The van der Waals surface area contributed by atoms with Crippen LogP contribution in [0.25, 0.3) is 50.3 Å². The molecule has 7 aromatic heterocycles. The lowest BCUT2D eigenvalue weighted by atomic mass is 9.96. The molecule has 1 unspecified atom stereocenters. The molecule has 12 rings (SSSR count). The predicted molar refractivity (Wildman–Crippen MR) is 353 cm³/mol. The van der Waals surface area contributed by atoms with Crippen molar-refractivity contribution in [3.05, 3.63) is 313 Å². The zero-order chi connectivity index (χ0) is 61.8. The zero-order valence-electron chi connectivity index (χ0n) is 52.4. The summed E-state index contributed by atoms with van der Waals surface area (Å²) < 4.78 is 42.6. The van der Waals surface area contributed by atoms with Gasteiger partial charge < -0.3 is 9.05 Å². The molecule has 0 amide bonds. The minimum Gasteiger partial charge on any atom is -0.309 e. The Balaban J connectivity index is 0.858. The Labute approximate surface area is 530 Å². The molecule has 0 spiro atoms. The lowest BCUT2D eigenvalue weighted by molar-refractivity contribution is -0.695. The molecule has 0 N–H and O–H groups in total. The molecule has 0 aliphatic carbocycles. The van der Waals surface area contributed by atoms with E-state index >= 15 is 0 Å². The van der Waals surface area contributed by atoms with E-state index in [1.54, 1.807) is 0 Å². The van der Waals surface area contributed by atoms with E-state index in [1.165, 1.54) is 83.5 Å². The second kappa shape index (κ2) is 28.3. The summed E-state index contributed by atoms with van der Waals surface area (Å²) in [5.41, 5.74) is 20.6. The van der Waals surface area contributed by atoms with Crippen molar-refractivity contribution >= 4 is 19.4 Å². The van der Waals surface area contributed by atoms with Gasteiger partial charge >= 0.3 is 7.60 Å². The first kappa shape index (κ1) is 60.8. The first-order valence-corrected chi connectivity index (χ1v) is 33.2. The van der Waals surface area contributed by atoms with Gasteiger partial charge in [-0.3, -0.25) is 4.57 Å². The van der Waals surface area contributed by atoms with Crippen LogP contribution < -0.4 is 32.0 Å². The largest absolute Gasteiger partial charge is 0.337 e. The average molecular weight is 1210 g/mol. The van der Waals surface area contributed by atoms with E-state index in [9.17, 15) is 4.57 Å². The van der Waals surface area contributed by atoms with Gasteiger partial charge in [0.2, 0.25) is 11.4 Å². The van der Waals surface area contributed by atoms with Crippen LogP contribution >= 0.6 is 7.60 Å². The van der Waals surface area contributed by atoms with Crippen molar-refractivity contribution in [2.45, 2.75) is 79.8 Å². The Kier molecular flexibility index (Phi) is 19.1. The molecule has 0 bridgehead atoms. The topological polar surface area (TPSA) is 65.7 Å². The molecule has 0 radical (unpaired) electrons. The lowest BCUT2D eigenvalue weighted by Gasteiger charge is -2.20. The van der Waals surface area contributed by atoms with Crippen LogP contribution in [-0.2, 0) is 46.3 Å². The van der Waals surface area contributed by atoms with Crippen LogP contribution in [0, 0.1) is 13.8 Å². The van der Waals surface area contributed by atoms with Crippen molar-refractivity contribution in [2.24, 2.45) is 0 Å². The number of allylic oxidation sites excluding steroid dienone is 1. The molecule has 4 aromatic carbocycles. The number of pyridine rings is 7. The highest BCUT2D eigenvalue weighted by Gasteiger charge is 2.30. The highest BCUT2D eigenvalue weighted by atomic mass is 31.2. The summed E-state index contributed by atoms with van der Waals surface area (Å²) in [6, 6.07) is 64.1. The van der Waals surface area contributed by atoms with Gasteiger partial charge in [-0.1, -0.05) is 65.7 Å². The Hall–Kier alpha value is -9.51. The van der Waals surface area contributed by atoms with Gasteiger partial charge in [0.1, 0.15) is 6.16 Å². The number of hydrogen-bond acceptors (Lipinski definition) is 3. The highest BCUT2D eigenvalue weighted by Crippen LogP contribution is 2.47. The van der Waals surface area contributed by atoms with Crippen LogP contribution in [0.3, 0.4) is 0 Å². The van der Waals surface area contributed by atoms with Crippen LogP contribution in [0.5, 0.6) is 0 Å². The number of aryl methyl sites for hydroxylation is 2. The number of nitrogens with zero attached hydrogens (tertiary/aromatic N) is 8. The Bertz CT molecular complexity index is 4300. The summed E-state index contributed by atoms with van der Waals surface area (Å²) in [5.74, 6) is 0. The van der Waals surface area contributed by atoms with Crippen molar-refractivity contribution < 1.29 is 50.2 Å². The molecule has 1 aliphatic rings. The molecule has 8 heterocycles. The van der Waals surface area contributed by atoms with Crippen LogP contribution in [-0.4, -0.2) is 42.8 Å². The van der Waals surface area contributed by atoms with Gasteiger partial charge in [-0.15, -0.1) is 0 Å². The monoisotopic (exact) mass is 1210 g/mol. The van der Waals surface area contributed by atoms with E-state index in [1.807, 2.05) is 13.8 Å². The summed E-state index contributed by atoms with van der Waals surface area (Å²) >= 11 is 0. The average Bonchev–Trinajstić information content (AvgIpc) is 1.15. The third-order valence-corrected chi connectivity index (χ3v) is 19.2. The van der Waals surface area contributed by atoms with Crippen LogP contribution in [0.15, 0.2) is 269 Å². The molecule has 0 fully saturated rings. The van der Waals surface area contributed by atoms with E-state index in [4.69, 9.17) is 9.05 Å². The molecule has 0 saturated carbocycles. The maximum absolute atomic E-state index is 13.3. The summed E-state index contributed by atoms with van der Waals surface area (Å²) in [4.78, 5) is 0. The van der Waals surface area contributed by atoms with Gasteiger partial charge in [0, 0.05) is 150 Å². The second-order valence-corrected chi connectivity index (χ2v) is 25.8. The van der Waals surface area contributed by atoms with Gasteiger partial charge in [0.25, 0.3) is 0 Å². The third-order valence-electron chi connectivity index (χ3n) is 17.1. The lowest BCUT2D eigenvalue weighted by Crippen LogP contribution is -2.39. The normalized spacial score (nSPS) is 13.2. The van der Waals surface area contributed by atoms with Gasteiger partial charge in [0.05, 0.1) is 13.2 Å². The Morgan fingerprint density at radius 2 is 0.744 bits per heavy atom. The highest BCUT2D eigenvalue weighted by molar-refractivity contribution is 7.53. The molecule has 12 heteroatoms. The van der Waals surface area contributed by atoms with Gasteiger partial charge in [0.15, 0.2) is 138 Å². The Morgan fingerprint density at radius 3 is 1.09 bits per heavy atom. The number of aromatic nitrogens is 7. The van der Waals surface area contributed by atoms with Crippen LogP contribution in [0.4, 0.5) is 0 Å². The van der Waals surface area contributed by atoms with Crippen molar-refractivity contribution in [3.63, 3.8) is 0 Å². The maximum atomic E-state index is 13.3. The van der Waals surface area contributed by atoms with Crippen LogP contribution in [0.2, 0.25) is 0 Å². The van der Waals surface area contributed by atoms with Crippen molar-refractivity contribution in [1.82, 2.24) is 0 Å². The number of rotatable bonds is 23. The number of benzene rings is 4. The van der Waals surface area contributed by atoms with Gasteiger partial charge in [-0.25, -0.2) is 27.4 Å². The first-order valence-electron chi connectivity index (χ1n) is 31.5. The van der Waals surface area contributed by atoms with E-state index in [0.29, 0.717) is 52.1 Å². The molecule has 90 heavy (non-hydrogen) atoms. The van der Waals surface area contributed by atoms with E-state index in [0.717, 1.165) is 24.3 Å². The molecular weight excluding hydrogens is 1130 g/mol. The smallest absolute Gasteiger partial charge is 0.309 e. The summed E-state index contributed by atoms with van der Waals surface area (Å²) in [6.45, 7) is 15.1. The maximum Gasteiger partial charge on any atom is 0.337 e. The van der Waals surface area contributed by atoms with E-state index in [2.05, 4.69) is 332 Å². The van der Waals surface area contributed by atoms with Crippen molar-refractivity contribution in [3.8, 4) is 44.8 Å². The molecular formula is C78H81N8O3P+8. The number of hydrogen-bond donors (Lipinski definition) is 0. The SMILES string of the molecule is CCOP(=O)(CC[N+]1=CC=C(c2cc[n+](Cc3cc(C[n+]4ccc(-c5cc[n+](Cc6ccccc6)cc5)cc4)c(C[n+]4ccc(-c5cc[n+](-c6ccc(C)cc6)cc5)cc4)cc3C[n+]3ccc(-c4cc[n+](-c5ccc(C)cc5)cc4)cc3)cc2)CC1C)OCC.